The summed E-state index contributed by atoms with van der Waals surface area (Å²) in [5.41, 5.74) is 8.24. The molecule has 4 heteroatoms. The lowest BCUT2D eigenvalue weighted by Gasteiger charge is -2.14. The van der Waals surface area contributed by atoms with Crippen molar-refractivity contribution in [2.75, 3.05) is 13.1 Å². The second-order valence-corrected chi connectivity index (χ2v) is 4.92. The Morgan fingerprint density at radius 1 is 1.39 bits per heavy atom. The van der Waals surface area contributed by atoms with Gasteiger partial charge in [0.25, 0.3) is 0 Å². The van der Waals surface area contributed by atoms with Gasteiger partial charge >= 0.3 is 0 Å². The van der Waals surface area contributed by atoms with Gasteiger partial charge < -0.3 is 10.2 Å². The maximum atomic E-state index is 5.94. The van der Waals surface area contributed by atoms with E-state index >= 15 is 0 Å². The highest BCUT2D eigenvalue weighted by atomic mass is 35.5. The third kappa shape index (κ3) is 2.39. The Morgan fingerprint density at radius 3 is 2.89 bits per heavy atom. The predicted octanol–water partition coefficient (Wildman–Crippen LogP) is 2.70. The van der Waals surface area contributed by atoms with E-state index in [1.54, 1.807) is 0 Å². The first kappa shape index (κ1) is 13.4. The lowest BCUT2D eigenvalue weighted by Crippen LogP contribution is -2.26. The Balaban J connectivity index is 0.00000120. The monoisotopic (exact) mass is 266 g/mol. The van der Waals surface area contributed by atoms with Crippen LogP contribution in [0.1, 0.15) is 17.7 Å². The number of hydrogen-bond acceptors (Lipinski definition) is 3. The highest BCUT2D eigenvalue weighted by Crippen LogP contribution is 2.27. The van der Waals surface area contributed by atoms with Crippen LogP contribution in [-0.4, -0.2) is 24.0 Å². The van der Waals surface area contributed by atoms with E-state index < -0.39 is 0 Å². The SMILES string of the molecule is Cc1oc2ccccc2c1CN1CCC(N)C1.Cl. The minimum Gasteiger partial charge on any atom is -0.461 e. The van der Waals surface area contributed by atoms with E-state index in [0.29, 0.717) is 6.04 Å². The Morgan fingerprint density at radius 2 is 2.17 bits per heavy atom. The van der Waals surface area contributed by atoms with Crippen LogP contribution in [0.15, 0.2) is 28.7 Å². The summed E-state index contributed by atoms with van der Waals surface area (Å²) in [6.07, 6.45) is 1.11. The number of para-hydroxylation sites is 1. The summed E-state index contributed by atoms with van der Waals surface area (Å²) in [4.78, 5) is 2.41. The summed E-state index contributed by atoms with van der Waals surface area (Å²) in [5, 5.41) is 1.24. The number of nitrogens with two attached hydrogens (primary N) is 1. The summed E-state index contributed by atoms with van der Waals surface area (Å²) in [6.45, 7) is 5.10. The van der Waals surface area contributed by atoms with Gasteiger partial charge in [-0.2, -0.15) is 0 Å². The van der Waals surface area contributed by atoms with Crippen LogP contribution in [0, 0.1) is 6.92 Å². The van der Waals surface area contributed by atoms with E-state index in [0.717, 1.165) is 37.4 Å². The molecule has 1 unspecified atom stereocenters. The molecule has 0 radical (unpaired) electrons. The molecular formula is C14H19ClN2O. The van der Waals surface area contributed by atoms with Crippen LogP contribution in [-0.2, 0) is 6.54 Å². The van der Waals surface area contributed by atoms with Gasteiger partial charge in [0, 0.05) is 36.6 Å². The Kier molecular flexibility index (Phi) is 3.95. The van der Waals surface area contributed by atoms with Gasteiger partial charge in [-0.3, -0.25) is 4.90 Å². The van der Waals surface area contributed by atoms with Crippen molar-refractivity contribution >= 4 is 23.4 Å². The number of furan rings is 1. The van der Waals surface area contributed by atoms with E-state index in [4.69, 9.17) is 10.2 Å². The molecule has 2 N–H and O–H groups in total. The fourth-order valence-corrected chi connectivity index (χ4v) is 2.65. The third-order valence-corrected chi connectivity index (χ3v) is 3.59. The highest BCUT2D eigenvalue weighted by Gasteiger charge is 2.21. The Bertz CT molecular complexity index is 538. The fourth-order valence-electron chi connectivity index (χ4n) is 2.65. The summed E-state index contributed by atoms with van der Waals surface area (Å²) < 4.78 is 5.78. The van der Waals surface area contributed by atoms with Crippen molar-refractivity contribution < 1.29 is 4.42 Å². The topological polar surface area (TPSA) is 42.4 Å². The first-order valence-electron chi connectivity index (χ1n) is 6.19. The second kappa shape index (κ2) is 5.31. The minimum absolute atomic E-state index is 0. The van der Waals surface area contributed by atoms with Crippen molar-refractivity contribution in [2.24, 2.45) is 5.73 Å². The van der Waals surface area contributed by atoms with Crippen molar-refractivity contribution in [3.63, 3.8) is 0 Å². The molecule has 1 atom stereocenters. The molecule has 1 aromatic heterocycles. The normalized spacial score (nSPS) is 20.2. The molecule has 0 bridgehead atoms. The van der Waals surface area contributed by atoms with Gasteiger partial charge in [0.15, 0.2) is 0 Å². The quantitative estimate of drug-likeness (QED) is 0.909. The van der Waals surface area contributed by atoms with Crippen LogP contribution in [0.3, 0.4) is 0 Å². The fraction of sp³-hybridized carbons (Fsp3) is 0.429. The first-order chi connectivity index (χ1) is 8.24. The Labute approximate surface area is 113 Å². The smallest absolute Gasteiger partial charge is 0.134 e. The van der Waals surface area contributed by atoms with Crippen molar-refractivity contribution in [3.05, 3.63) is 35.6 Å². The van der Waals surface area contributed by atoms with Crippen LogP contribution >= 0.6 is 12.4 Å². The van der Waals surface area contributed by atoms with Crippen LogP contribution in [0.25, 0.3) is 11.0 Å². The zero-order valence-electron chi connectivity index (χ0n) is 10.6. The molecule has 0 amide bonds. The van der Waals surface area contributed by atoms with Crippen LogP contribution in [0.5, 0.6) is 0 Å². The lowest BCUT2D eigenvalue weighted by atomic mass is 10.1. The predicted molar refractivity (Wildman–Crippen MR) is 76.1 cm³/mol. The van der Waals surface area contributed by atoms with Crippen molar-refractivity contribution in [2.45, 2.75) is 25.9 Å². The van der Waals surface area contributed by atoms with E-state index in [9.17, 15) is 0 Å². The molecule has 1 fully saturated rings. The first-order valence-corrected chi connectivity index (χ1v) is 6.19. The number of halogens is 1. The maximum Gasteiger partial charge on any atom is 0.134 e. The molecule has 1 aliphatic rings. The molecular weight excluding hydrogens is 248 g/mol. The van der Waals surface area contributed by atoms with Gasteiger partial charge in [0.05, 0.1) is 0 Å². The van der Waals surface area contributed by atoms with Crippen molar-refractivity contribution in [3.8, 4) is 0 Å². The molecule has 2 aromatic rings. The summed E-state index contributed by atoms with van der Waals surface area (Å²) in [6, 6.07) is 8.59. The number of hydrogen-bond donors (Lipinski definition) is 1. The number of likely N-dealkylation sites (tertiary alicyclic amines) is 1. The van der Waals surface area contributed by atoms with E-state index in [1.165, 1.54) is 10.9 Å². The molecule has 3 rings (SSSR count). The maximum absolute atomic E-state index is 5.94. The third-order valence-electron chi connectivity index (χ3n) is 3.59. The van der Waals surface area contributed by atoms with Gasteiger partial charge in [0.1, 0.15) is 11.3 Å². The average Bonchev–Trinajstić information content (AvgIpc) is 2.85. The largest absolute Gasteiger partial charge is 0.461 e. The molecule has 0 aliphatic carbocycles. The number of fused-ring (bicyclic) bond motifs is 1. The molecule has 0 spiro atoms. The Hall–Kier alpha value is -1.03. The number of benzene rings is 1. The van der Waals surface area contributed by atoms with Gasteiger partial charge in [-0.25, -0.2) is 0 Å². The van der Waals surface area contributed by atoms with Gasteiger partial charge in [-0.05, 0) is 19.4 Å². The van der Waals surface area contributed by atoms with Gasteiger partial charge in [-0.15, -0.1) is 12.4 Å². The average molecular weight is 267 g/mol. The van der Waals surface area contributed by atoms with E-state index in [2.05, 4.69) is 17.0 Å². The molecule has 98 valence electrons. The zero-order valence-corrected chi connectivity index (χ0v) is 11.4. The zero-order chi connectivity index (χ0) is 11.8. The molecule has 1 saturated heterocycles. The second-order valence-electron chi connectivity index (χ2n) is 4.92. The van der Waals surface area contributed by atoms with Crippen LogP contribution in [0.2, 0.25) is 0 Å². The number of aryl methyl sites for hydroxylation is 1. The molecule has 1 aliphatic heterocycles. The van der Waals surface area contributed by atoms with Gasteiger partial charge in [-0.1, -0.05) is 18.2 Å². The summed E-state index contributed by atoms with van der Waals surface area (Å²) in [7, 11) is 0. The molecule has 1 aromatic carbocycles. The minimum atomic E-state index is 0. The number of rotatable bonds is 2. The molecule has 18 heavy (non-hydrogen) atoms. The van der Waals surface area contributed by atoms with Crippen LogP contribution < -0.4 is 5.73 Å². The molecule has 2 heterocycles. The lowest BCUT2D eigenvalue weighted by molar-refractivity contribution is 0.325. The van der Waals surface area contributed by atoms with Crippen LogP contribution in [0.4, 0.5) is 0 Å². The molecule has 0 saturated carbocycles. The number of nitrogens with zero attached hydrogens (tertiary/aromatic N) is 1. The summed E-state index contributed by atoms with van der Waals surface area (Å²) in [5.74, 6) is 1.03. The van der Waals surface area contributed by atoms with E-state index in [1.807, 2.05) is 19.1 Å². The molecule has 3 nitrogen and oxygen atoms in total. The van der Waals surface area contributed by atoms with Gasteiger partial charge in [0.2, 0.25) is 0 Å². The van der Waals surface area contributed by atoms with Crippen molar-refractivity contribution in [1.29, 1.82) is 0 Å². The summed E-state index contributed by atoms with van der Waals surface area (Å²) >= 11 is 0. The van der Waals surface area contributed by atoms with Crippen molar-refractivity contribution in [1.82, 2.24) is 4.90 Å². The highest BCUT2D eigenvalue weighted by molar-refractivity contribution is 5.85. The standard InChI is InChI=1S/C14H18N2O.ClH/c1-10-13(9-16-7-6-11(15)8-16)12-4-2-3-5-14(12)17-10;/h2-5,11H,6-9,15H2,1H3;1H. The van der Waals surface area contributed by atoms with E-state index in [-0.39, 0.29) is 12.4 Å².